The van der Waals surface area contributed by atoms with Crippen LogP contribution in [-0.4, -0.2) is 55.0 Å². The van der Waals surface area contributed by atoms with Gasteiger partial charge in [-0.05, 0) is 26.7 Å². The lowest BCUT2D eigenvalue weighted by Gasteiger charge is -2.33. The van der Waals surface area contributed by atoms with Crippen molar-refractivity contribution in [3.8, 4) is 0 Å². The minimum absolute atomic E-state index is 0.243. The standard InChI is InChI=1S/C12H19N3O3S/c1-9-12(10(2)18-13-9)19(16,17)15-7-5-14(6-8-15)11-3-4-11/h11H,3-8H2,1-2H3. The van der Waals surface area contributed by atoms with Crippen LogP contribution in [0.15, 0.2) is 9.42 Å². The van der Waals surface area contributed by atoms with E-state index in [9.17, 15) is 8.42 Å². The first-order chi connectivity index (χ1) is 9.00. The minimum atomic E-state index is -3.46. The largest absolute Gasteiger partial charge is 0.360 e. The number of nitrogens with zero attached hydrogens (tertiary/aromatic N) is 3. The lowest BCUT2D eigenvalue weighted by atomic mass is 10.3. The second kappa shape index (κ2) is 4.57. The van der Waals surface area contributed by atoms with Crippen LogP contribution >= 0.6 is 0 Å². The van der Waals surface area contributed by atoms with Crippen molar-refractivity contribution in [2.24, 2.45) is 0 Å². The summed E-state index contributed by atoms with van der Waals surface area (Å²) in [4.78, 5) is 2.63. The molecule has 7 heteroatoms. The highest BCUT2D eigenvalue weighted by molar-refractivity contribution is 7.89. The van der Waals surface area contributed by atoms with E-state index in [1.165, 1.54) is 12.8 Å². The van der Waals surface area contributed by atoms with Gasteiger partial charge in [-0.15, -0.1) is 0 Å². The molecule has 0 radical (unpaired) electrons. The van der Waals surface area contributed by atoms with Gasteiger partial charge in [0.05, 0.1) is 0 Å². The molecule has 1 saturated heterocycles. The van der Waals surface area contributed by atoms with Gasteiger partial charge < -0.3 is 4.52 Å². The Morgan fingerprint density at radius 1 is 1.16 bits per heavy atom. The molecule has 1 aliphatic carbocycles. The molecule has 1 aliphatic heterocycles. The van der Waals surface area contributed by atoms with Gasteiger partial charge in [-0.3, -0.25) is 4.90 Å². The summed E-state index contributed by atoms with van der Waals surface area (Å²) in [6.07, 6.45) is 2.52. The van der Waals surface area contributed by atoms with Gasteiger partial charge in [0.15, 0.2) is 5.76 Å². The zero-order valence-corrected chi connectivity index (χ0v) is 12.1. The van der Waals surface area contributed by atoms with Crippen molar-refractivity contribution in [3.63, 3.8) is 0 Å². The molecule has 19 heavy (non-hydrogen) atoms. The number of rotatable bonds is 3. The van der Waals surface area contributed by atoms with E-state index in [0.29, 0.717) is 30.6 Å². The Kier molecular flexibility index (Phi) is 3.15. The molecule has 2 aliphatic rings. The summed E-state index contributed by atoms with van der Waals surface area (Å²) in [6, 6.07) is 0.698. The van der Waals surface area contributed by atoms with Crippen molar-refractivity contribution in [1.82, 2.24) is 14.4 Å². The van der Waals surface area contributed by atoms with Gasteiger partial charge in [0.1, 0.15) is 10.6 Å². The molecule has 1 aromatic heterocycles. The number of piperazine rings is 1. The molecular weight excluding hydrogens is 266 g/mol. The SMILES string of the molecule is Cc1noc(C)c1S(=O)(=O)N1CCN(C2CC2)CC1. The fourth-order valence-corrected chi connectivity index (χ4v) is 4.43. The normalized spacial score (nSPS) is 22.8. The highest BCUT2D eigenvalue weighted by Gasteiger charge is 2.36. The maximum absolute atomic E-state index is 12.6. The Bertz CT molecular complexity index is 550. The Morgan fingerprint density at radius 3 is 2.26 bits per heavy atom. The number of aromatic nitrogens is 1. The Hall–Kier alpha value is -0.920. The highest BCUT2D eigenvalue weighted by atomic mass is 32.2. The quantitative estimate of drug-likeness (QED) is 0.820. The fraction of sp³-hybridized carbons (Fsp3) is 0.750. The van der Waals surface area contributed by atoms with E-state index in [2.05, 4.69) is 10.1 Å². The first-order valence-electron chi connectivity index (χ1n) is 6.67. The first kappa shape index (κ1) is 13.1. The average molecular weight is 285 g/mol. The third-order valence-electron chi connectivity index (χ3n) is 3.90. The fourth-order valence-electron chi connectivity index (χ4n) is 2.72. The first-order valence-corrected chi connectivity index (χ1v) is 8.11. The summed E-state index contributed by atoms with van der Waals surface area (Å²) in [6.45, 7) is 6.09. The van der Waals surface area contributed by atoms with Crippen molar-refractivity contribution < 1.29 is 12.9 Å². The second-order valence-electron chi connectivity index (χ2n) is 5.32. The lowest BCUT2D eigenvalue weighted by molar-refractivity contribution is 0.180. The summed E-state index contributed by atoms with van der Waals surface area (Å²) >= 11 is 0. The van der Waals surface area contributed by atoms with Crippen molar-refractivity contribution in [2.45, 2.75) is 37.6 Å². The van der Waals surface area contributed by atoms with Crippen molar-refractivity contribution in [1.29, 1.82) is 0 Å². The van der Waals surface area contributed by atoms with Gasteiger partial charge in [0, 0.05) is 32.2 Å². The molecule has 0 bridgehead atoms. The van der Waals surface area contributed by atoms with E-state index < -0.39 is 10.0 Å². The average Bonchev–Trinajstić information content (AvgIpc) is 3.16. The molecule has 0 amide bonds. The molecule has 2 fully saturated rings. The molecule has 6 nitrogen and oxygen atoms in total. The van der Waals surface area contributed by atoms with Crippen LogP contribution < -0.4 is 0 Å². The molecule has 2 heterocycles. The Labute approximate surface area is 113 Å². The maximum atomic E-state index is 12.6. The highest BCUT2D eigenvalue weighted by Crippen LogP contribution is 2.29. The maximum Gasteiger partial charge on any atom is 0.248 e. The summed E-state index contributed by atoms with van der Waals surface area (Å²) in [5, 5.41) is 3.74. The van der Waals surface area contributed by atoms with Crippen molar-refractivity contribution >= 4 is 10.0 Å². The predicted molar refractivity (Wildman–Crippen MR) is 69.3 cm³/mol. The van der Waals surface area contributed by atoms with Gasteiger partial charge >= 0.3 is 0 Å². The van der Waals surface area contributed by atoms with Crippen molar-refractivity contribution in [3.05, 3.63) is 11.5 Å². The molecule has 0 unspecified atom stereocenters. The zero-order valence-electron chi connectivity index (χ0n) is 11.3. The molecule has 0 spiro atoms. The van der Waals surface area contributed by atoms with Crippen LogP contribution in [-0.2, 0) is 10.0 Å². The smallest absolute Gasteiger partial charge is 0.248 e. The van der Waals surface area contributed by atoms with Gasteiger partial charge in [-0.25, -0.2) is 8.42 Å². The van der Waals surface area contributed by atoms with Crippen LogP contribution in [0.4, 0.5) is 0 Å². The molecule has 1 saturated carbocycles. The van der Waals surface area contributed by atoms with Gasteiger partial charge in [0.25, 0.3) is 0 Å². The summed E-state index contributed by atoms with van der Waals surface area (Å²) in [5.41, 5.74) is 0.446. The molecule has 3 rings (SSSR count). The van der Waals surface area contributed by atoms with E-state index in [1.807, 2.05) is 0 Å². The molecule has 0 aromatic carbocycles. The summed E-state index contributed by atoms with van der Waals surface area (Å²) in [5.74, 6) is 0.377. The minimum Gasteiger partial charge on any atom is -0.360 e. The lowest BCUT2D eigenvalue weighted by Crippen LogP contribution is -2.49. The third kappa shape index (κ3) is 2.30. The monoisotopic (exact) mass is 285 g/mol. The van der Waals surface area contributed by atoms with E-state index >= 15 is 0 Å². The predicted octanol–water partition coefficient (Wildman–Crippen LogP) is 0.760. The van der Waals surface area contributed by atoms with Crippen molar-refractivity contribution in [2.75, 3.05) is 26.2 Å². The van der Waals surface area contributed by atoms with Crippen LogP contribution in [0.2, 0.25) is 0 Å². The van der Waals surface area contributed by atoms with Crippen LogP contribution in [0.25, 0.3) is 0 Å². The van der Waals surface area contributed by atoms with Crippen LogP contribution in [0.3, 0.4) is 0 Å². The zero-order chi connectivity index (χ0) is 13.6. The molecular formula is C12H19N3O3S. The van der Waals surface area contributed by atoms with Gasteiger partial charge in [-0.2, -0.15) is 4.31 Å². The number of aryl methyl sites for hydroxylation is 2. The van der Waals surface area contributed by atoms with Crippen LogP contribution in [0, 0.1) is 13.8 Å². The summed E-state index contributed by atoms with van der Waals surface area (Å²) in [7, 11) is -3.46. The summed E-state index contributed by atoms with van der Waals surface area (Å²) < 4.78 is 31.7. The van der Waals surface area contributed by atoms with Crippen LogP contribution in [0.5, 0.6) is 0 Å². The molecule has 0 N–H and O–H groups in total. The molecule has 0 atom stereocenters. The third-order valence-corrected chi connectivity index (χ3v) is 6.05. The van der Waals surface area contributed by atoms with E-state index in [-0.39, 0.29) is 4.90 Å². The van der Waals surface area contributed by atoms with E-state index in [0.717, 1.165) is 13.1 Å². The Morgan fingerprint density at radius 2 is 1.79 bits per heavy atom. The number of sulfonamides is 1. The van der Waals surface area contributed by atoms with Gasteiger partial charge in [0.2, 0.25) is 10.0 Å². The van der Waals surface area contributed by atoms with Gasteiger partial charge in [-0.1, -0.05) is 5.16 Å². The molecule has 106 valence electrons. The molecule has 1 aromatic rings. The van der Waals surface area contributed by atoms with Crippen LogP contribution in [0.1, 0.15) is 24.3 Å². The number of hydrogen-bond donors (Lipinski definition) is 0. The number of hydrogen-bond acceptors (Lipinski definition) is 5. The van der Waals surface area contributed by atoms with E-state index in [4.69, 9.17) is 4.52 Å². The van der Waals surface area contributed by atoms with E-state index in [1.54, 1.807) is 18.2 Å². The second-order valence-corrected chi connectivity index (χ2v) is 7.20. The Balaban J connectivity index is 1.78. The topological polar surface area (TPSA) is 66.7 Å².